The first-order chi connectivity index (χ1) is 8.66. The number of aromatic carboxylic acids is 1. The second-order valence-electron chi connectivity index (χ2n) is 3.37. The standard InChI is InChI=1S/C10H9N5O3/c16-7(5-6-1-2-13-15-6)14-9-8(10(17)18)11-3-4-12-9/h1-4H,5H2,(H,13,15)(H,17,18)(H,12,14,16). The molecule has 8 heteroatoms. The highest BCUT2D eigenvalue weighted by molar-refractivity contribution is 5.98. The Kier molecular flexibility index (Phi) is 3.28. The Morgan fingerprint density at radius 1 is 1.28 bits per heavy atom. The molecule has 0 spiro atoms. The molecule has 0 saturated heterocycles. The molecule has 2 aromatic rings. The van der Waals surface area contributed by atoms with Crippen LogP contribution in [0, 0.1) is 0 Å². The molecule has 0 bridgehead atoms. The molecule has 0 atom stereocenters. The van der Waals surface area contributed by atoms with Crippen LogP contribution in [-0.2, 0) is 11.2 Å². The third-order valence-corrected chi connectivity index (χ3v) is 2.07. The summed E-state index contributed by atoms with van der Waals surface area (Å²) in [6, 6.07) is 1.65. The van der Waals surface area contributed by atoms with E-state index >= 15 is 0 Å². The van der Waals surface area contributed by atoms with Gasteiger partial charge in [0.05, 0.1) is 6.42 Å². The van der Waals surface area contributed by atoms with Crippen molar-refractivity contribution < 1.29 is 14.7 Å². The minimum atomic E-state index is -1.25. The van der Waals surface area contributed by atoms with Gasteiger partial charge in [0.2, 0.25) is 5.91 Å². The summed E-state index contributed by atoms with van der Waals surface area (Å²) >= 11 is 0. The molecule has 18 heavy (non-hydrogen) atoms. The van der Waals surface area contributed by atoms with Gasteiger partial charge < -0.3 is 10.4 Å². The third-order valence-electron chi connectivity index (χ3n) is 2.07. The second kappa shape index (κ2) is 5.04. The highest BCUT2D eigenvalue weighted by atomic mass is 16.4. The summed E-state index contributed by atoms with van der Waals surface area (Å²) < 4.78 is 0. The van der Waals surface area contributed by atoms with Crippen molar-refractivity contribution in [2.45, 2.75) is 6.42 Å². The van der Waals surface area contributed by atoms with Gasteiger partial charge in [0.15, 0.2) is 11.5 Å². The van der Waals surface area contributed by atoms with Gasteiger partial charge in [0.1, 0.15) is 0 Å². The highest BCUT2D eigenvalue weighted by Gasteiger charge is 2.15. The van der Waals surface area contributed by atoms with Gasteiger partial charge in [-0.3, -0.25) is 9.89 Å². The molecule has 0 aliphatic heterocycles. The van der Waals surface area contributed by atoms with Crippen molar-refractivity contribution in [1.29, 1.82) is 0 Å². The maximum Gasteiger partial charge on any atom is 0.358 e. The normalized spacial score (nSPS) is 10.0. The lowest BCUT2D eigenvalue weighted by atomic mass is 10.3. The van der Waals surface area contributed by atoms with E-state index in [4.69, 9.17) is 5.11 Å². The first-order valence-electron chi connectivity index (χ1n) is 4.99. The van der Waals surface area contributed by atoms with Gasteiger partial charge in [-0.05, 0) is 6.07 Å². The predicted octanol–water partition coefficient (Wildman–Crippen LogP) is 0.0791. The topological polar surface area (TPSA) is 121 Å². The molecule has 3 N–H and O–H groups in total. The zero-order valence-electron chi connectivity index (χ0n) is 9.12. The Morgan fingerprint density at radius 3 is 2.72 bits per heavy atom. The van der Waals surface area contributed by atoms with Crippen LogP contribution < -0.4 is 5.32 Å². The van der Waals surface area contributed by atoms with Crippen LogP contribution in [0.4, 0.5) is 5.82 Å². The van der Waals surface area contributed by atoms with E-state index in [-0.39, 0.29) is 17.9 Å². The SMILES string of the molecule is O=C(Cc1ccn[nH]1)Nc1nccnc1C(=O)O. The van der Waals surface area contributed by atoms with Gasteiger partial charge in [-0.15, -0.1) is 0 Å². The summed E-state index contributed by atoms with van der Waals surface area (Å²) in [5, 5.41) is 17.6. The van der Waals surface area contributed by atoms with Crippen LogP contribution in [0.3, 0.4) is 0 Å². The summed E-state index contributed by atoms with van der Waals surface area (Å²) in [5.41, 5.74) is 0.323. The van der Waals surface area contributed by atoms with E-state index < -0.39 is 11.9 Å². The van der Waals surface area contributed by atoms with Gasteiger partial charge >= 0.3 is 5.97 Å². The van der Waals surface area contributed by atoms with E-state index in [2.05, 4.69) is 25.5 Å². The number of nitrogens with zero attached hydrogens (tertiary/aromatic N) is 3. The van der Waals surface area contributed by atoms with Crippen molar-refractivity contribution in [1.82, 2.24) is 20.2 Å². The number of H-pyrrole nitrogens is 1. The highest BCUT2D eigenvalue weighted by Crippen LogP contribution is 2.08. The van der Waals surface area contributed by atoms with E-state index in [1.165, 1.54) is 18.6 Å². The summed E-state index contributed by atoms with van der Waals surface area (Å²) in [6.07, 6.45) is 4.12. The molecule has 0 aromatic carbocycles. The average Bonchev–Trinajstić information content (AvgIpc) is 2.82. The number of amides is 1. The second-order valence-corrected chi connectivity index (χ2v) is 3.37. The van der Waals surface area contributed by atoms with Gasteiger partial charge in [0, 0.05) is 24.3 Å². The zero-order valence-corrected chi connectivity index (χ0v) is 9.12. The zero-order chi connectivity index (χ0) is 13.0. The Morgan fingerprint density at radius 2 is 2.06 bits per heavy atom. The van der Waals surface area contributed by atoms with Crippen molar-refractivity contribution in [3.05, 3.63) is 36.0 Å². The first kappa shape index (κ1) is 11.7. The van der Waals surface area contributed by atoms with Crippen LogP contribution in [0.25, 0.3) is 0 Å². The van der Waals surface area contributed by atoms with E-state index in [9.17, 15) is 9.59 Å². The maximum absolute atomic E-state index is 11.6. The van der Waals surface area contributed by atoms with Crippen LogP contribution in [0.2, 0.25) is 0 Å². The lowest BCUT2D eigenvalue weighted by Gasteiger charge is -2.05. The monoisotopic (exact) mass is 247 g/mol. The number of rotatable bonds is 4. The largest absolute Gasteiger partial charge is 0.476 e. The predicted molar refractivity (Wildman–Crippen MR) is 59.9 cm³/mol. The fraction of sp³-hybridized carbons (Fsp3) is 0.100. The molecule has 0 radical (unpaired) electrons. The number of nitrogens with one attached hydrogen (secondary N) is 2. The Hall–Kier alpha value is -2.77. The van der Waals surface area contributed by atoms with E-state index in [0.717, 1.165) is 0 Å². The van der Waals surface area contributed by atoms with Crippen molar-refractivity contribution in [2.24, 2.45) is 0 Å². The molecule has 2 heterocycles. The molecular weight excluding hydrogens is 238 g/mol. The minimum Gasteiger partial charge on any atom is -0.476 e. The Balaban J connectivity index is 2.09. The Bertz CT molecular complexity index is 567. The molecule has 2 rings (SSSR count). The summed E-state index contributed by atoms with van der Waals surface area (Å²) in [4.78, 5) is 29.9. The van der Waals surface area contributed by atoms with Crippen LogP contribution in [0.15, 0.2) is 24.7 Å². The smallest absolute Gasteiger partial charge is 0.358 e. The number of carboxylic acid groups (broad SMARTS) is 1. The third kappa shape index (κ3) is 2.67. The van der Waals surface area contributed by atoms with Crippen LogP contribution in [-0.4, -0.2) is 37.1 Å². The van der Waals surface area contributed by atoms with Crippen LogP contribution in [0.5, 0.6) is 0 Å². The number of carbonyl (C=O) groups is 2. The number of hydrogen-bond acceptors (Lipinski definition) is 5. The number of anilines is 1. The van der Waals surface area contributed by atoms with Crippen LogP contribution in [0.1, 0.15) is 16.2 Å². The molecule has 0 unspecified atom stereocenters. The van der Waals surface area contributed by atoms with Crippen molar-refractivity contribution in [3.8, 4) is 0 Å². The quantitative estimate of drug-likeness (QED) is 0.703. The van der Waals surface area contributed by atoms with Gasteiger partial charge in [-0.2, -0.15) is 5.10 Å². The molecule has 0 saturated carbocycles. The lowest BCUT2D eigenvalue weighted by molar-refractivity contribution is -0.115. The average molecular weight is 247 g/mol. The maximum atomic E-state index is 11.6. The number of aromatic nitrogens is 4. The van der Waals surface area contributed by atoms with Crippen molar-refractivity contribution in [3.63, 3.8) is 0 Å². The molecule has 92 valence electrons. The number of aromatic amines is 1. The summed E-state index contributed by atoms with van der Waals surface area (Å²) in [5.74, 6) is -1.73. The fourth-order valence-corrected chi connectivity index (χ4v) is 1.32. The molecule has 1 amide bonds. The number of hydrogen-bond donors (Lipinski definition) is 3. The van der Waals surface area contributed by atoms with E-state index in [1.54, 1.807) is 6.07 Å². The molecule has 0 fully saturated rings. The Labute approximate surface area is 101 Å². The van der Waals surface area contributed by atoms with E-state index in [1.807, 2.05) is 0 Å². The molecular formula is C10H9N5O3. The molecule has 0 aliphatic carbocycles. The van der Waals surface area contributed by atoms with Crippen molar-refractivity contribution >= 4 is 17.7 Å². The van der Waals surface area contributed by atoms with Crippen molar-refractivity contribution in [2.75, 3.05) is 5.32 Å². The summed E-state index contributed by atoms with van der Waals surface area (Å²) in [6.45, 7) is 0. The number of carboxylic acids is 1. The summed E-state index contributed by atoms with van der Waals surface area (Å²) in [7, 11) is 0. The van der Waals surface area contributed by atoms with Gasteiger partial charge in [-0.25, -0.2) is 14.8 Å². The molecule has 0 aliphatic rings. The van der Waals surface area contributed by atoms with Gasteiger partial charge in [0.25, 0.3) is 0 Å². The fourth-order valence-electron chi connectivity index (χ4n) is 1.32. The molecule has 2 aromatic heterocycles. The lowest BCUT2D eigenvalue weighted by Crippen LogP contribution is -2.18. The van der Waals surface area contributed by atoms with E-state index in [0.29, 0.717) is 5.69 Å². The van der Waals surface area contributed by atoms with Crippen LogP contribution >= 0.6 is 0 Å². The molecule has 8 nitrogen and oxygen atoms in total. The first-order valence-corrected chi connectivity index (χ1v) is 4.99. The van der Waals surface area contributed by atoms with Gasteiger partial charge in [-0.1, -0.05) is 0 Å². The minimum absolute atomic E-state index is 0.0512. The number of carbonyl (C=O) groups excluding carboxylic acids is 1.